The lowest BCUT2D eigenvalue weighted by molar-refractivity contribution is -0.137. The fourth-order valence-electron chi connectivity index (χ4n) is 2.18. The Morgan fingerprint density at radius 1 is 1.50 bits per heavy atom. The lowest BCUT2D eigenvalue weighted by Gasteiger charge is -2.29. The molecule has 0 bridgehead atoms. The molecule has 5 heteroatoms. The fraction of sp³-hybridized carbons (Fsp3) is 0.400. The normalized spacial score (nSPS) is 18.9. The molecule has 1 aliphatic rings. The summed E-state index contributed by atoms with van der Waals surface area (Å²) in [6, 6.07) is 3.86. The van der Waals surface area contributed by atoms with E-state index >= 15 is 0 Å². The van der Waals surface area contributed by atoms with Gasteiger partial charge < -0.3 is 9.47 Å². The molecule has 4 nitrogen and oxygen atoms in total. The molecule has 0 saturated carbocycles. The van der Waals surface area contributed by atoms with Crippen LogP contribution in [0.25, 0.3) is 5.76 Å². The zero-order valence-corrected chi connectivity index (χ0v) is 13.0. The number of methoxy groups -OCH3 is 1. The number of thiophene rings is 1. The van der Waals surface area contributed by atoms with Crippen molar-refractivity contribution in [2.24, 2.45) is 0 Å². The minimum Gasteiger partial charge on any atom is -0.466 e. The standard InChI is InChI=1S/C15H19NO3S/c1-5-11-14(15(17)18-4)10(16(2)3)9-12(19-11)13-7-6-8-20-13/h6-10H,5H2,1-4H3. The zero-order chi connectivity index (χ0) is 14.7. The monoisotopic (exact) mass is 293 g/mol. The number of rotatable bonds is 4. The minimum atomic E-state index is -0.331. The summed E-state index contributed by atoms with van der Waals surface area (Å²) < 4.78 is 10.8. The predicted molar refractivity (Wildman–Crippen MR) is 80.2 cm³/mol. The number of likely N-dealkylation sites (N-methyl/N-ethyl adjacent to an activating group) is 1. The Hall–Kier alpha value is -1.59. The van der Waals surface area contributed by atoms with E-state index in [2.05, 4.69) is 0 Å². The molecule has 0 aliphatic carbocycles. The molecule has 2 rings (SSSR count). The van der Waals surface area contributed by atoms with Gasteiger partial charge in [-0.25, -0.2) is 4.79 Å². The van der Waals surface area contributed by atoms with E-state index in [1.165, 1.54) is 7.11 Å². The van der Waals surface area contributed by atoms with Crippen molar-refractivity contribution in [1.82, 2.24) is 4.90 Å². The van der Waals surface area contributed by atoms with Crippen molar-refractivity contribution in [3.05, 3.63) is 39.8 Å². The molecule has 1 atom stereocenters. The molecule has 20 heavy (non-hydrogen) atoms. The van der Waals surface area contributed by atoms with Crippen molar-refractivity contribution in [1.29, 1.82) is 0 Å². The van der Waals surface area contributed by atoms with Crippen LogP contribution in [-0.4, -0.2) is 38.1 Å². The average Bonchev–Trinajstić information content (AvgIpc) is 2.99. The molecule has 1 unspecified atom stereocenters. The van der Waals surface area contributed by atoms with Crippen molar-refractivity contribution < 1.29 is 14.3 Å². The topological polar surface area (TPSA) is 38.8 Å². The van der Waals surface area contributed by atoms with Crippen LogP contribution in [0.3, 0.4) is 0 Å². The largest absolute Gasteiger partial charge is 0.466 e. The number of carbonyl (C=O) groups is 1. The van der Waals surface area contributed by atoms with Gasteiger partial charge in [0.2, 0.25) is 0 Å². The van der Waals surface area contributed by atoms with E-state index in [1.54, 1.807) is 11.3 Å². The van der Waals surface area contributed by atoms with Crippen molar-refractivity contribution in [2.75, 3.05) is 21.2 Å². The van der Waals surface area contributed by atoms with Crippen molar-refractivity contribution in [3.63, 3.8) is 0 Å². The second kappa shape index (κ2) is 6.24. The second-order valence-corrected chi connectivity index (χ2v) is 5.65. The van der Waals surface area contributed by atoms with Gasteiger partial charge >= 0.3 is 5.97 Å². The van der Waals surface area contributed by atoms with Gasteiger partial charge in [0.1, 0.15) is 11.5 Å². The van der Waals surface area contributed by atoms with Gasteiger partial charge in [-0.3, -0.25) is 4.90 Å². The first kappa shape index (κ1) is 14.8. The highest BCUT2D eigenvalue weighted by molar-refractivity contribution is 7.11. The third-order valence-electron chi connectivity index (χ3n) is 3.19. The Morgan fingerprint density at radius 2 is 2.25 bits per heavy atom. The maximum atomic E-state index is 12.0. The summed E-state index contributed by atoms with van der Waals surface area (Å²) in [7, 11) is 5.28. The molecule has 108 valence electrons. The first-order chi connectivity index (χ1) is 9.58. The summed E-state index contributed by atoms with van der Waals surface area (Å²) in [5.41, 5.74) is 0.584. The first-order valence-corrected chi connectivity index (χ1v) is 7.37. The third-order valence-corrected chi connectivity index (χ3v) is 4.07. The Labute approximate surface area is 123 Å². The number of hydrogen-bond donors (Lipinski definition) is 0. The Morgan fingerprint density at radius 3 is 2.75 bits per heavy atom. The highest BCUT2D eigenvalue weighted by atomic mass is 32.1. The van der Waals surface area contributed by atoms with Gasteiger partial charge in [0, 0.05) is 6.42 Å². The first-order valence-electron chi connectivity index (χ1n) is 6.49. The van der Waals surface area contributed by atoms with Crippen LogP contribution in [0, 0.1) is 0 Å². The summed E-state index contributed by atoms with van der Waals surface area (Å²) in [6.45, 7) is 1.97. The molecule has 0 radical (unpaired) electrons. The van der Waals surface area contributed by atoms with Gasteiger partial charge in [-0.2, -0.15) is 0 Å². The summed E-state index contributed by atoms with van der Waals surface area (Å²) >= 11 is 1.62. The second-order valence-electron chi connectivity index (χ2n) is 4.70. The fourth-order valence-corrected chi connectivity index (χ4v) is 2.87. The maximum absolute atomic E-state index is 12.0. The summed E-state index contributed by atoms with van der Waals surface area (Å²) in [6.07, 6.45) is 2.62. The SMILES string of the molecule is CCC1=C(C(=O)OC)C(N(C)C)C=C(c2cccs2)O1. The smallest absolute Gasteiger partial charge is 0.339 e. The minimum absolute atomic E-state index is 0.136. The lowest BCUT2D eigenvalue weighted by atomic mass is 10.00. The number of esters is 1. The highest BCUT2D eigenvalue weighted by Gasteiger charge is 2.31. The number of carbonyl (C=O) groups excluding carboxylic acids is 1. The number of allylic oxidation sites excluding steroid dienone is 1. The summed E-state index contributed by atoms with van der Waals surface area (Å²) in [5.74, 6) is 1.16. The van der Waals surface area contributed by atoms with E-state index in [0.29, 0.717) is 17.8 Å². The van der Waals surface area contributed by atoms with Crippen molar-refractivity contribution in [3.8, 4) is 0 Å². The van der Waals surface area contributed by atoms with Crippen LogP contribution in [0.1, 0.15) is 18.2 Å². The zero-order valence-electron chi connectivity index (χ0n) is 12.2. The van der Waals surface area contributed by atoms with Crippen LogP contribution >= 0.6 is 11.3 Å². The molecule has 0 spiro atoms. The number of hydrogen-bond acceptors (Lipinski definition) is 5. The summed E-state index contributed by atoms with van der Waals surface area (Å²) in [4.78, 5) is 15.1. The molecular weight excluding hydrogens is 274 g/mol. The van der Waals surface area contributed by atoms with Gasteiger partial charge in [0.05, 0.1) is 23.6 Å². The predicted octanol–water partition coefficient (Wildman–Crippen LogP) is 2.89. The van der Waals surface area contributed by atoms with E-state index in [1.807, 2.05) is 49.5 Å². The lowest BCUT2D eigenvalue weighted by Crippen LogP contribution is -2.35. The molecule has 2 heterocycles. The maximum Gasteiger partial charge on any atom is 0.339 e. The van der Waals surface area contributed by atoms with Crippen LogP contribution in [0.5, 0.6) is 0 Å². The van der Waals surface area contributed by atoms with E-state index in [9.17, 15) is 4.79 Å². The van der Waals surface area contributed by atoms with Crippen LogP contribution in [-0.2, 0) is 14.3 Å². The van der Waals surface area contributed by atoms with Crippen LogP contribution < -0.4 is 0 Å². The molecule has 1 aliphatic heterocycles. The molecule has 0 fully saturated rings. The van der Waals surface area contributed by atoms with Crippen molar-refractivity contribution >= 4 is 23.1 Å². The van der Waals surface area contributed by atoms with Crippen LogP contribution in [0.15, 0.2) is 34.9 Å². The highest BCUT2D eigenvalue weighted by Crippen LogP contribution is 2.34. The molecular formula is C15H19NO3S. The molecule has 0 saturated heterocycles. The van der Waals surface area contributed by atoms with Gasteiger partial charge in [0.15, 0.2) is 0 Å². The summed E-state index contributed by atoms with van der Waals surface area (Å²) in [5, 5.41) is 2.01. The molecule has 0 N–H and O–H groups in total. The third kappa shape index (κ3) is 2.78. The van der Waals surface area contributed by atoms with E-state index < -0.39 is 0 Å². The van der Waals surface area contributed by atoms with E-state index in [-0.39, 0.29) is 12.0 Å². The molecule has 0 aromatic carbocycles. The number of nitrogens with zero attached hydrogens (tertiary/aromatic N) is 1. The van der Waals surface area contributed by atoms with Crippen LogP contribution in [0.2, 0.25) is 0 Å². The molecule has 0 amide bonds. The van der Waals surface area contributed by atoms with Gasteiger partial charge in [-0.1, -0.05) is 13.0 Å². The number of ether oxygens (including phenoxy) is 2. The quantitative estimate of drug-likeness (QED) is 0.800. The van der Waals surface area contributed by atoms with Crippen LogP contribution in [0.4, 0.5) is 0 Å². The average molecular weight is 293 g/mol. The Bertz CT molecular complexity index is 543. The van der Waals surface area contributed by atoms with E-state index in [0.717, 1.165) is 10.6 Å². The molecule has 1 aromatic rings. The van der Waals surface area contributed by atoms with Gasteiger partial charge in [0.25, 0.3) is 0 Å². The Kier molecular flexibility index (Phi) is 4.62. The van der Waals surface area contributed by atoms with Gasteiger partial charge in [-0.05, 0) is 31.6 Å². The van der Waals surface area contributed by atoms with Crippen molar-refractivity contribution in [2.45, 2.75) is 19.4 Å². The Balaban J connectivity index is 2.44. The van der Waals surface area contributed by atoms with E-state index in [4.69, 9.17) is 9.47 Å². The van der Waals surface area contributed by atoms with Gasteiger partial charge in [-0.15, -0.1) is 11.3 Å². The molecule has 1 aromatic heterocycles.